The van der Waals surface area contributed by atoms with Gasteiger partial charge in [-0.25, -0.2) is 0 Å². The summed E-state index contributed by atoms with van der Waals surface area (Å²) in [5, 5.41) is 0. The first kappa shape index (κ1) is 7.26. The lowest BCUT2D eigenvalue weighted by atomic mass is 10.2. The lowest BCUT2D eigenvalue weighted by Crippen LogP contribution is -2.19. The molecule has 0 aromatic carbocycles. The van der Waals surface area contributed by atoms with E-state index in [1.54, 1.807) is 0 Å². The van der Waals surface area contributed by atoms with Gasteiger partial charge in [-0.05, 0) is 13.8 Å². The van der Waals surface area contributed by atoms with Gasteiger partial charge in [-0.1, -0.05) is 0 Å². The summed E-state index contributed by atoms with van der Waals surface area (Å²) in [6, 6.07) is 0. The summed E-state index contributed by atoms with van der Waals surface area (Å²) in [5.74, 6) is 0. The van der Waals surface area contributed by atoms with Crippen LogP contribution in [0.1, 0.15) is 20.3 Å². The Morgan fingerprint density at radius 3 is 2.11 bits per heavy atom. The molecule has 9 heavy (non-hydrogen) atoms. The molecule has 1 saturated heterocycles. The highest BCUT2D eigenvalue weighted by molar-refractivity contribution is 7.33. The fourth-order valence-corrected chi connectivity index (χ4v) is 1.83. The van der Waals surface area contributed by atoms with Gasteiger partial charge in [-0.15, -0.1) is 0 Å². The van der Waals surface area contributed by atoms with Crippen molar-refractivity contribution in [3.05, 3.63) is 0 Å². The Hall–Kier alpha value is 0.150. The predicted molar refractivity (Wildman–Crippen MR) is 34.7 cm³/mol. The molecule has 0 radical (unpaired) electrons. The standard InChI is InChI=1S/C5H11O3P/c1-4-3-5(2)8-9(6)7-4/h4-5,9H,3H2,1-2H3. The topological polar surface area (TPSA) is 35.5 Å². The number of rotatable bonds is 0. The zero-order chi connectivity index (χ0) is 6.85. The monoisotopic (exact) mass is 150 g/mol. The second-order valence-electron chi connectivity index (χ2n) is 2.34. The van der Waals surface area contributed by atoms with E-state index in [4.69, 9.17) is 9.05 Å². The van der Waals surface area contributed by atoms with Crippen LogP contribution < -0.4 is 0 Å². The summed E-state index contributed by atoms with van der Waals surface area (Å²) in [7, 11) is -2.14. The molecule has 2 unspecified atom stereocenters. The smallest absolute Gasteiger partial charge is 0.307 e. The summed E-state index contributed by atoms with van der Waals surface area (Å²) in [4.78, 5) is 0. The fourth-order valence-electron chi connectivity index (χ4n) is 0.920. The highest BCUT2D eigenvalue weighted by atomic mass is 31.1. The van der Waals surface area contributed by atoms with Crippen LogP contribution in [-0.2, 0) is 13.6 Å². The van der Waals surface area contributed by atoms with Crippen LogP contribution in [0.4, 0.5) is 0 Å². The van der Waals surface area contributed by atoms with Gasteiger partial charge in [0, 0.05) is 6.42 Å². The third-order valence-electron chi connectivity index (χ3n) is 1.26. The molecule has 0 saturated carbocycles. The van der Waals surface area contributed by atoms with Gasteiger partial charge in [0.1, 0.15) is 0 Å². The lowest BCUT2D eigenvalue weighted by molar-refractivity contribution is 0.0628. The van der Waals surface area contributed by atoms with Gasteiger partial charge < -0.3 is 9.05 Å². The van der Waals surface area contributed by atoms with E-state index in [0.29, 0.717) is 0 Å². The van der Waals surface area contributed by atoms with E-state index in [1.165, 1.54) is 0 Å². The molecule has 0 aliphatic carbocycles. The van der Waals surface area contributed by atoms with Gasteiger partial charge in [0.2, 0.25) is 0 Å². The molecule has 3 nitrogen and oxygen atoms in total. The van der Waals surface area contributed by atoms with Crippen LogP contribution in [0.5, 0.6) is 0 Å². The second kappa shape index (κ2) is 2.82. The average Bonchev–Trinajstić information content (AvgIpc) is 1.59. The Balaban J connectivity index is 2.43. The van der Waals surface area contributed by atoms with Gasteiger partial charge in [0.25, 0.3) is 0 Å². The molecule has 54 valence electrons. The van der Waals surface area contributed by atoms with E-state index >= 15 is 0 Å². The summed E-state index contributed by atoms with van der Waals surface area (Å²) >= 11 is 0. The quantitative estimate of drug-likeness (QED) is 0.492. The number of hydrogen-bond acceptors (Lipinski definition) is 3. The van der Waals surface area contributed by atoms with Crippen molar-refractivity contribution in [2.45, 2.75) is 32.5 Å². The fraction of sp³-hybridized carbons (Fsp3) is 1.00. The van der Waals surface area contributed by atoms with Crippen LogP contribution in [0.3, 0.4) is 0 Å². The molecule has 2 atom stereocenters. The minimum Gasteiger partial charge on any atom is -0.307 e. The Bertz CT molecular complexity index is 113. The molecule has 0 N–H and O–H groups in total. The van der Waals surface area contributed by atoms with Crippen LogP contribution in [0.15, 0.2) is 0 Å². The second-order valence-corrected chi connectivity index (χ2v) is 3.31. The summed E-state index contributed by atoms with van der Waals surface area (Å²) < 4.78 is 20.4. The van der Waals surface area contributed by atoms with Gasteiger partial charge in [0.05, 0.1) is 12.2 Å². The summed E-state index contributed by atoms with van der Waals surface area (Å²) in [6.07, 6.45) is 1.04. The van der Waals surface area contributed by atoms with E-state index in [9.17, 15) is 4.57 Å². The average molecular weight is 150 g/mol. The van der Waals surface area contributed by atoms with Gasteiger partial charge in [-0.3, -0.25) is 4.57 Å². The maximum Gasteiger partial charge on any atom is 0.319 e. The summed E-state index contributed by atoms with van der Waals surface area (Å²) in [5.41, 5.74) is 0. The third kappa shape index (κ3) is 2.09. The largest absolute Gasteiger partial charge is 0.319 e. The van der Waals surface area contributed by atoms with E-state index in [0.717, 1.165) is 6.42 Å². The minimum atomic E-state index is -2.14. The van der Waals surface area contributed by atoms with Crippen LogP contribution >= 0.6 is 8.25 Å². The maximum atomic E-state index is 10.6. The highest BCUT2D eigenvalue weighted by Crippen LogP contribution is 2.35. The SMILES string of the molecule is CC1CC(C)O[PH](=O)O1. The molecule has 0 bridgehead atoms. The minimum absolute atomic E-state index is 0.0974. The van der Waals surface area contributed by atoms with E-state index in [1.807, 2.05) is 13.8 Å². The van der Waals surface area contributed by atoms with E-state index < -0.39 is 8.25 Å². The Labute approximate surface area is 55.3 Å². The van der Waals surface area contributed by atoms with E-state index in [-0.39, 0.29) is 12.2 Å². The lowest BCUT2D eigenvalue weighted by Gasteiger charge is -2.23. The van der Waals surface area contributed by atoms with Crippen molar-refractivity contribution in [3.8, 4) is 0 Å². The predicted octanol–water partition coefficient (Wildman–Crippen LogP) is 1.59. The van der Waals surface area contributed by atoms with Crippen LogP contribution in [0.2, 0.25) is 0 Å². The molecule has 1 rings (SSSR count). The zero-order valence-corrected chi connectivity index (χ0v) is 6.59. The maximum absolute atomic E-state index is 10.6. The van der Waals surface area contributed by atoms with E-state index in [2.05, 4.69) is 0 Å². The molecule has 1 heterocycles. The van der Waals surface area contributed by atoms with Gasteiger partial charge >= 0.3 is 8.25 Å². The zero-order valence-electron chi connectivity index (χ0n) is 5.59. The Kier molecular flexibility index (Phi) is 2.28. The highest BCUT2D eigenvalue weighted by Gasteiger charge is 2.20. The van der Waals surface area contributed by atoms with Crippen LogP contribution in [0.25, 0.3) is 0 Å². The molecule has 1 aliphatic heterocycles. The normalized spacial score (nSPS) is 44.9. The van der Waals surface area contributed by atoms with Crippen molar-refractivity contribution in [1.82, 2.24) is 0 Å². The third-order valence-corrected chi connectivity index (χ3v) is 2.45. The molecule has 0 aromatic heterocycles. The van der Waals surface area contributed by atoms with Gasteiger partial charge in [-0.2, -0.15) is 0 Å². The molecule has 4 heteroatoms. The van der Waals surface area contributed by atoms with Crippen molar-refractivity contribution in [2.75, 3.05) is 0 Å². The molecule has 0 spiro atoms. The first-order valence-electron chi connectivity index (χ1n) is 3.05. The molecular formula is C5H11O3P. The first-order chi connectivity index (χ1) is 4.18. The van der Waals surface area contributed by atoms with Crippen molar-refractivity contribution < 1.29 is 13.6 Å². The summed E-state index contributed by atoms with van der Waals surface area (Å²) in [6.45, 7) is 3.81. The van der Waals surface area contributed by atoms with Crippen molar-refractivity contribution in [2.24, 2.45) is 0 Å². The molecule has 0 aromatic rings. The van der Waals surface area contributed by atoms with Crippen LogP contribution in [0, 0.1) is 0 Å². The molecule has 1 fully saturated rings. The Morgan fingerprint density at radius 1 is 1.33 bits per heavy atom. The first-order valence-corrected chi connectivity index (χ1v) is 4.28. The molecular weight excluding hydrogens is 139 g/mol. The van der Waals surface area contributed by atoms with Crippen molar-refractivity contribution >= 4 is 8.25 Å². The van der Waals surface area contributed by atoms with Crippen molar-refractivity contribution in [1.29, 1.82) is 0 Å². The van der Waals surface area contributed by atoms with Crippen molar-refractivity contribution in [3.63, 3.8) is 0 Å². The van der Waals surface area contributed by atoms with Crippen LogP contribution in [-0.4, -0.2) is 12.2 Å². The molecule has 1 aliphatic rings. The number of hydrogen-bond donors (Lipinski definition) is 0. The Morgan fingerprint density at radius 2 is 1.78 bits per heavy atom. The van der Waals surface area contributed by atoms with Gasteiger partial charge in [0.15, 0.2) is 0 Å². The molecule has 0 amide bonds.